The van der Waals surface area contributed by atoms with Crippen LogP contribution in [0.2, 0.25) is 0 Å². The lowest BCUT2D eigenvalue weighted by Crippen LogP contribution is -2.13. The van der Waals surface area contributed by atoms with Crippen LogP contribution in [0.15, 0.2) is 53.4 Å². The van der Waals surface area contributed by atoms with Gasteiger partial charge in [0.2, 0.25) is 0 Å². The maximum atomic E-state index is 13.0. The predicted molar refractivity (Wildman–Crippen MR) is 76.4 cm³/mol. The molecule has 0 spiro atoms. The summed E-state index contributed by atoms with van der Waals surface area (Å²) in [5.74, 6) is -0.491. The van der Waals surface area contributed by atoms with Gasteiger partial charge in [-0.3, -0.25) is 4.72 Å². The van der Waals surface area contributed by atoms with E-state index < -0.39 is 15.8 Å². The number of halogens is 1. The highest BCUT2D eigenvalue weighted by Gasteiger charge is 2.14. The Morgan fingerprint density at radius 3 is 2.40 bits per heavy atom. The standard InChI is InChI=1S/C14H15FN2O2S/c1-16-10-11-5-7-14(8-6-11)20(18,19)17-13-4-2-3-12(15)9-13/h2-9,16-17H,10H2,1H3. The Labute approximate surface area is 117 Å². The fourth-order valence-corrected chi connectivity index (χ4v) is 2.81. The summed E-state index contributed by atoms with van der Waals surface area (Å²) in [7, 11) is -1.88. The van der Waals surface area contributed by atoms with Gasteiger partial charge >= 0.3 is 0 Å². The van der Waals surface area contributed by atoms with E-state index in [1.54, 1.807) is 12.1 Å². The van der Waals surface area contributed by atoms with Crippen LogP contribution >= 0.6 is 0 Å². The van der Waals surface area contributed by atoms with Crippen molar-refractivity contribution in [2.24, 2.45) is 0 Å². The molecule has 0 aliphatic carbocycles. The van der Waals surface area contributed by atoms with Gasteiger partial charge in [0.15, 0.2) is 0 Å². The van der Waals surface area contributed by atoms with Crippen LogP contribution < -0.4 is 10.0 Å². The summed E-state index contributed by atoms with van der Waals surface area (Å²) in [4.78, 5) is 0.140. The Balaban J connectivity index is 2.21. The average molecular weight is 294 g/mol. The first-order chi connectivity index (χ1) is 9.51. The van der Waals surface area contributed by atoms with Crippen molar-refractivity contribution in [3.05, 3.63) is 59.9 Å². The molecule has 0 atom stereocenters. The summed E-state index contributed by atoms with van der Waals surface area (Å²) in [6.45, 7) is 0.664. The fraction of sp³-hybridized carbons (Fsp3) is 0.143. The van der Waals surface area contributed by atoms with E-state index in [-0.39, 0.29) is 10.6 Å². The topological polar surface area (TPSA) is 58.2 Å². The number of anilines is 1. The second-order valence-electron chi connectivity index (χ2n) is 4.29. The Hall–Kier alpha value is -1.92. The van der Waals surface area contributed by atoms with Gasteiger partial charge in [0.1, 0.15) is 5.82 Å². The van der Waals surface area contributed by atoms with E-state index in [4.69, 9.17) is 0 Å². The Morgan fingerprint density at radius 2 is 1.80 bits per heavy atom. The van der Waals surface area contributed by atoms with Crippen LogP contribution in [0.3, 0.4) is 0 Å². The molecule has 0 amide bonds. The predicted octanol–water partition coefficient (Wildman–Crippen LogP) is 2.35. The molecule has 0 bridgehead atoms. The van der Waals surface area contributed by atoms with Crippen molar-refractivity contribution in [1.82, 2.24) is 5.32 Å². The minimum Gasteiger partial charge on any atom is -0.316 e. The molecule has 0 saturated carbocycles. The van der Waals surface area contributed by atoms with Gasteiger partial charge in [-0.1, -0.05) is 18.2 Å². The van der Waals surface area contributed by atoms with Gasteiger partial charge in [-0.15, -0.1) is 0 Å². The molecule has 2 rings (SSSR count). The van der Waals surface area contributed by atoms with Gasteiger partial charge in [0.25, 0.3) is 10.0 Å². The Morgan fingerprint density at radius 1 is 1.10 bits per heavy atom. The van der Waals surface area contributed by atoms with Crippen molar-refractivity contribution in [2.75, 3.05) is 11.8 Å². The molecule has 0 aliphatic rings. The van der Waals surface area contributed by atoms with Crippen molar-refractivity contribution in [1.29, 1.82) is 0 Å². The molecule has 2 aromatic carbocycles. The van der Waals surface area contributed by atoms with E-state index in [1.165, 1.54) is 30.3 Å². The zero-order valence-electron chi connectivity index (χ0n) is 10.9. The van der Waals surface area contributed by atoms with Gasteiger partial charge in [0, 0.05) is 6.54 Å². The summed E-state index contributed by atoms with van der Waals surface area (Å²) < 4.78 is 39.6. The first-order valence-electron chi connectivity index (χ1n) is 6.03. The largest absolute Gasteiger partial charge is 0.316 e. The molecule has 0 aromatic heterocycles. The van der Waals surface area contributed by atoms with Crippen LogP contribution in [0, 0.1) is 5.82 Å². The third-order valence-electron chi connectivity index (χ3n) is 2.69. The summed E-state index contributed by atoms with van der Waals surface area (Å²) in [5.41, 5.74) is 1.18. The van der Waals surface area contributed by atoms with Crippen LogP contribution in [-0.4, -0.2) is 15.5 Å². The van der Waals surface area contributed by atoms with Crippen LogP contribution in [0.4, 0.5) is 10.1 Å². The summed E-state index contributed by atoms with van der Waals surface area (Å²) in [5, 5.41) is 2.98. The second kappa shape index (κ2) is 6.02. The molecular weight excluding hydrogens is 279 g/mol. The summed E-state index contributed by atoms with van der Waals surface area (Å²) >= 11 is 0. The van der Waals surface area contributed by atoms with Gasteiger partial charge in [0.05, 0.1) is 10.6 Å². The molecule has 4 nitrogen and oxygen atoms in total. The fourth-order valence-electron chi connectivity index (χ4n) is 1.76. The third-order valence-corrected chi connectivity index (χ3v) is 4.09. The number of rotatable bonds is 5. The van der Waals surface area contributed by atoms with Crippen molar-refractivity contribution >= 4 is 15.7 Å². The van der Waals surface area contributed by atoms with Gasteiger partial charge in [-0.05, 0) is 42.9 Å². The monoisotopic (exact) mass is 294 g/mol. The highest BCUT2D eigenvalue weighted by molar-refractivity contribution is 7.92. The van der Waals surface area contributed by atoms with E-state index >= 15 is 0 Å². The molecule has 0 radical (unpaired) electrons. The molecule has 106 valence electrons. The molecule has 0 aliphatic heterocycles. The lowest BCUT2D eigenvalue weighted by Gasteiger charge is -2.09. The summed E-state index contributed by atoms with van der Waals surface area (Å²) in [6.07, 6.45) is 0. The van der Waals surface area contributed by atoms with E-state index in [0.717, 1.165) is 11.6 Å². The van der Waals surface area contributed by atoms with Crippen molar-refractivity contribution < 1.29 is 12.8 Å². The lowest BCUT2D eigenvalue weighted by molar-refractivity contribution is 0.601. The molecule has 0 saturated heterocycles. The highest BCUT2D eigenvalue weighted by Crippen LogP contribution is 2.17. The quantitative estimate of drug-likeness (QED) is 0.890. The van der Waals surface area contributed by atoms with E-state index in [2.05, 4.69) is 10.0 Å². The first kappa shape index (κ1) is 14.5. The molecule has 2 aromatic rings. The number of hydrogen-bond donors (Lipinski definition) is 2. The van der Waals surface area contributed by atoms with E-state index in [0.29, 0.717) is 6.54 Å². The number of benzene rings is 2. The number of nitrogens with one attached hydrogen (secondary N) is 2. The van der Waals surface area contributed by atoms with E-state index in [1.807, 2.05) is 7.05 Å². The maximum Gasteiger partial charge on any atom is 0.261 e. The Kier molecular flexibility index (Phi) is 4.36. The number of hydrogen-bond acceptors (Lipinski definition) is 3. The normalized spacial score (nSPS) is 11.3. The smallest absolute Gasteiger partial charge is 0.261 e. The van der Waals surface area contributed by atoms with Crippen LogP contribution in [0.1, 0.15) is 5.56 Å². The number of sulfonamides is 1. The van der Waals surface area contributed by atoms with Gasteiger partial charge in [-0.25, -0.2) is 12.8 Å². The second-order valence-corrected chi connectivity index (χ2v) is 5.97. The van der Waals surface area contributed by atoms with Gasteiger partial charge in [-0.2, -0.15) is 0 Å². The maximum absolute atomic E-state index is 13.0. The summed E-state index contributed by atoms with van der Waals surface area (Å²) in [6, 6.07) is 11.8. The van der Waals surface area contributed by atoms with E-state index in [9.17, 15) is 12.8 Å². The molecule has 0 unspecified atom stereocenters. The van der Waals surface area contributed by atoms with Crippen molar-refractivity contribution in [3.8, 4) is 0 Å². The average Bonchev–Trinajstić information content (AvgIpc) is 2.39. The molecule has 0 fully saturated rings. The van der Waals surface area contributed by atoms with Gasteiger partial charge < -0.3 is 5.32 Å². The molecule has 6 heteroatoms. The molecular formula is C14H15FN2O2S. The van der Waals surface area contributed by atoms with Crippen molar-refractivity contribution in [2.45, 2.75) is 11.4 Å². The van der Waals surface area contributed by atoms with Crippen molar-refractivity contribution in [3.63, 3.8) is 0 Å². The minimum absolute atomic E-state index is 0.140. The van der Waals surface area contributed by atoms with Crippen LogP contribution in [-0.2, 0) is 16.6 Å². The first-order valence-corrected chi connectivity index (χ1v) is 7.51. The minimum atomic E-state index is -3.70. The zero-order valence-corrected chi connectivity index (χ0v) is 11.7. The molecule has 2 N–H and O–H groups in total. The Bertz CT molecular complexity index is 685. The third kappa shape index (κ3) is 3.55. The zero-order chi connectivity index (χ0) is 14.6. The lowest BCUT2D eigenvalue weighted by atomic mass is 10.2. The highest BCUT2D eigenvalue weighted by atomic mass is 32.2. The van der Waals surface area contributed by atoms with Crippen LogP contribution in [0.5, 0.6) is 0 Å². The van der Waals surface area contributed by atoms with Crippen LogP contribution in [0.25, 0.3) is 0 Å². The SMILES string of the molecule is CNCc1ccc(S(=O)(=O)Nc2cccc(F)c2)cc1. The molecule has 0 heterocycles. The molecule has 20 heavy (non-hydrogen) atoms.